The molecule has 0 aliphatic rings. The Morgan fingerprint density at radius 2 is 1.79 bits per heavy atom. The molecule has 0 fully saturated rings. The molecular weight excluding hydrogens is 329 g/mol. The zero-order valence-electron chi connectivity index (χ0n) is 13.5. The number of nitrogens with zero attached hydrogens (tertiary/aromatic N) is 2. The molecule has 2 rings (SSSR count). The number of benzene rings is 1. The first kappa shape index (κ1) is 18.0. The van der Waals surface area contributed by atoms with Crippen molar-refractivity contribution in [3.05, 3.63) is 41.7 Å². The number of nitrogen functional groups attached to an aromatic ring is 2. The van der Waals surface area contributed by atoms with E-state index in [2.05, 4.69) is 15.3 Å². The highest BCUT2D eigenvalue weighted by Crippen LogP contribution is 2.23. The number of hydrogen-bond acceptors (Lipinski definition) is 6. The molecule has 0 spiro atoms. The highest BCUT2D eigenvalue weighted by molar-refractivity contribution is 7.99. The minimum absolute atomic E-state index is 0.132. The number of thioether (sulfide) groups is 1. The van der Waals surface area contributed by atoms with Gasteiger partial charge in [0.05, 0.1) is 11.8 Å². The van der Waals surface area contributed by atoms with Gasteiger partial charge >= 0.3 is 0 Å². The van der Waals surface area contributed by atoms with Gasteiger partial charge in [-0.25, -0.2) is 14.4 Å². The van der Waals surface area contributed by atoms with E-state index in [0.29, 0.717) is 5.16 Å². The number of carbonyl (C=O) groups is 1. The van der Waals surface area contributed by atoms with Gasteiger partial charge in [-0.1, -0.05) is 37.7 Å². The van der Waals surface area contributed by atoms with Crippen LogP contribution < -0.4 is 16.8 Å². The highest BCUT2D eigenvalue weighted by atomic mass is 32.2. The van der Waals surface area contributed by atoms with E-state index in [4.69, 9.17) is 11.5 Å². The van der Waals surface area contributed by atoms with Crippen molar-refractivity contribution in [1.82, 2.24) is 15.3 Å². The quantitative estimate of drug-likeness (QED) is 0.546. The van der Waals surface area contributed by atoms with Gasteiger partial charge in [-0.15, -0.1) is 0 Å². The molecule has 1 amide bonds. The maximum Gasteiger partial charge on any atom is 0.230 e. The molecule has 24 heavy (non-hydrogen) atoms. The van der Waals surface area contributed by atoms with Gasteiger partial charge in [0, 0.05) is 6.07 Å². The first-order chi connectivity index (χ1) is 11.3. The van der Waals surface area contributed by atoms with Crippen molar-refractivity contribution in [1.29, 1.82) is 0 Å². The van der Waals surface area contributed by atoms with Crippen molar-refractivity contribution in [3.8, 4) is 0 Å². The van der Waals surface area contributed by atoms with E-state index >= 15 is 0 Å². The lowest BCUT2D eigenvalue weighted by atomic mass is 9.96. The average Bonchev–Trinajstić information content (AvgIpc) is 2.50. The molecule has 0 unspecified atom stereocenters. The van der Waals surface area contributed by atoms with Crippen LogP contribution in [0.25, 0.3) is 0 Å². The second-order valence-corrected chi connectivity index (χ2v) is 6.57. The number of hydrogen-bond donors (Lipinski definition) is 3. The number of halogens is 1. The highest BCUT2D eigenvalue weighted by Gasteiger charge is 2.18. The smallest absolute Gasteiger partial charge is 0.230 e. The van der Waals surface area contributed by atoms with Crippen molar-refractivity contribution in [3.63, 3.8) is 0 Å². The number of aromatic nitrogens is 2. The zero-order valence-corrected chi connectivity index (χ0v) is 14.3. The summed E-state index contributed by atoms with van der Waals surface area (Å²) < 4.78 is 13.1. The molecule has 0 bridgehead atoms. The summed E-state index contributed by atoms with van der Waals surface area (Å²) in [7, 11) is 0. The summed E-state index contributed by atoms with van der Waals surface area (Å²) in [6.45, 7) is 3.98. The Bertz CT molecular complexity index is 688. The summed E-state index contributed by atoms with van der Waals surface area (Å²) in [6.07, 6.45) is 0. The Labute approximate surface area is 144 Å². The molecule has 0 aliphatic heterocycles. The minimum atomic E-state index is -0.306. The van der Waals surface area contributed by atoms with E-state index in [0.717, 1.165) is 17.3 Å². The summed E-state index contributed by atoms with van der Waals surface area (Å²) in [5, 5.41) is 3.30. The van der Waals surface area contributed by atoms with Crippen LogP contribution in [-0.2, 0) is 4.79 Å². The van der Waals surface area contributed by atoms with E-state index in [1.165, 1.54) is 18.2 Å². The fourth-order valence-corrected chi connectivity index (χ4v) is 2.86. The number of anilines is 2. The van der Waals surface area contributed by atoms with Gasteiger partial charge in [0.2, 0.25) is 5.91 Å². The van der Waals surface area contributed by atoms with Crippen LogP contribution in [0.15, 0.2) is 35.5 Å². The van der Waals surface area contributed by atoms with Crippen LogP contribution >= 0.6 is 11.8 Å². The lowest BCUT2D eigenvalue weighted by Crippen LogP contribution is -2.33. The number of nitrogens with one attached hydrogen (secondary N) is 1. The SMILES string of the molecule is CC(C)[C@H](NC(=O)CSc1nc(N)cc(N)n1)c1ccc(F)cc1. The molecule has 0 radical (unpaired) electrons. The van der Waals surface area contributed by atoms with Gasteiger partial charge in [-0.2, -0.15) is 0 Å². The fourth-order valence-electron chi connectivity index (χ4n) is 2.18. The molecule has 0 aliphatic carbocycles. The Morgan fingerprint density at radius 3 is 2.33 bits per heavy atom. The summed E-state index contributed by atoms with van der Waals surface area (Å²) in [5.74, 6) is 0.331. The molecule has 128 valence electrons. The van der Waals surface area contributed by atoms with Crippen molar-refractivity contribution in [2.24, 2.45) is 5.92 Å². The molecule has 0 saturated carbocycles. The molecule has 1 aromatic carbocycles. The van der Waals surface area contributed by atoms with Crippen LogP contribution in [0.4, 0.5) is 16.0 Å². The lowest BCUT2D eigenvalue weighted by molar-refractivity contribution is -0.119. The molecule has 6 nitrogen and oxygen atoms in total. The molecule has 1 heterocycles. The van der Waals surface area contributed by atoms with Gasteiger partial charge in [0.25, 0.3) is 0 Å². The van der Waals surface area contributed by atoms with Gasteiger partial charge in [-0.3, -0.25) is 4.79 Å². The second kappa shape index (κ2) is 7.96. The lowest BCUT2D eigenvalue weighted by Gasteiger charge is -2.23. The molecular formula is C16H20FN5OS. The fraction of sp³-hybridized carbons (Fsp3) is 0.312. The van der Waals surface area contributed by atoms with E-state index < -0.39 is 0 Å². The first-order valence-electron chi connectivity index (χ1n) is 7.43. The van der Waals surface area contributed by atoms with E-state index in [-0.39, 0.29) is 41.1 Å². The topological polar surface area (TPSA) is 107 Å². The van der Waals surface area contributed by atoms with E-state index in [1.807, 2.05) is 13.8 Å². The van der Waals surface area contributed by atoms with Crippen LogP contribution in [0.2, 0.25) is 0 Å². The Kier molecular flexibility index (Phi) is 5.97. The second-order valence-electron chi connectivity index (χ2n) is 5.63. The number of carbonyl (C=O) groups excluding carboxylic acids is 1. The molecule has 8 heteroatoms. The summed E-state index contributed by atoms with van der Waals surface area (Å²) in [6, 6.07) is 7.37. The third-order valence-electron chi connectivity index (χ3n) is 3.29. The average molecular weight is 349 g/mol. The summed E-state index contributed by atoms with van der Waals surface area (Å²) in [4.78, 5) is 20.2. The van der Waals surface area contributed by atoms with Crippen molar-refractivity contribution >= 4 is 29.3 Å². The Balaban J connectivity index is 1.99. The van der Waals surface area contributed by atoms with Gasteiger partial charge in [0.1, 0.15) is 17.5 Å². The number of nitrogens with two attached hydrogens (primary N) is 2. The molecule has 1 atom stereocenters. The Hall–Kier alpha value is -2.35. The summed E-state index contributed by atoms with van der Waals surface area (Å²) >= 11 is 1.15. The first-order valence-corrected chi connectivity index (χ1v) is 8.41. The number of rotatable bonds is 6. The Morgan fingerprint density at radius 1 is 1.21 bits per heavy atom. The monoisotopic (exact) mass is 349 g/mol. The normalized spacial score (nSPS) is 12.2. The van der Waals surface area contributed by atoms with Crippen molar-refractivity contribution in [2.75, 3.05) is 17.2 Å². The minimum Gasteiger partial charge on any atom is -0.383 e. The molecule has 1 aromatic heterocycles. The van der Waals surface area contributed by atoms with Crippen LogP contribution in [-0.4, -0.2) is 21.6 Å². The summed E-state index contributed by atoms with van der Waals surface area (Å²) in [5.41, 5.74) is 12.1. The van der Waals surface area contributed by atoms with E-state index in [1.54, 1.807) is 12.1 Å². The van der Waals surface area contributed by atoms with Gasteiger partial charge in [0.15, 0.2) is 5.16 Å². The molecule has 0 saturated heterocycles. The predicted molar refractivity (Wildman–Crippen MR) is 93.7 cm³/mol. The maximum absolute atomic E-state index is 13.1. The third kappa shape index (κ3) is 5.09. The third-order valence-corrected chi connectivity index (χ3v) is 4.14. The molecule has 5 N–H and O–H groups in total. The maximum atomic E-state index is 13.1. The zero-order chi connectivity index (χ0) is 17.7. The molecule has 2 aromatic rings. The predicted octanol–water partition coefficient (Wildman–Crippen LogP) is 2.39. The van der Waals surface area contributed by atoms with Crippen LogP contribution in [0.1, 0.15) is 25.5 Å². The van der Waals surface area contributed by atoms with E-state index in [9.17, 15) is 9.18 Å². The standard InChI is InChI=1S/C16H20FN5OS/c1-9(2)15(10-3-5-11(17)6-4-10)22-14(23)8-24-16-20-12(18)7-13(19)21-16/h3-7,9,15H,8H2,1-2H3,(H,22,23)(H4,18,19,20,21)/t15-/m0/s1. The number of amides is 1. The van der Waals surface area contributed by atoms with Crippen LogP contribution in [0.3, 0.4) is 0 Å². The van der Waals surface area contributed by atoms with Crippen molar-refractivity contribution in [2.45, 2.75) is 25.0 Å². The van der Waals surface area contributed by atoms with Crippen molar-refractivity contribution < 1.29 is 9.18 Å². The van der Waals surface area contributed by atoms with Crippen LogP contribution in [0, 0.1) is 11.7 Å². The van der Waals surface area contributed by atoms with Gasteiger partial charge < -0.3 is 16.8 Å². The van der Waals surface area contributed by atoms with Gasteiger partial charge in [-0.05, 0) is 23.6 Å². The largest absolute Gasteiger partial charge is 0.383 e. The van der Waals surface area contributed by atoms with Crippen LogP contribution in [0.5, 0.6) is 0 Å².